The number of anilines is 1. The van der Waals surface area contributed by atoms with Crippen LogP contribution in [0.2, 0.25) is 0 Å². The molecule has 0 bridgehead atoms. The third-order valence-electron chi connectivity index (χ3n) is 3.36. The smallest absolute Gasteiger partial charge is 0.338 e. The molecule has 2 aromatic rings. The molecule has 1 aromatic heterocycles. The number of urea groups is 1. The predicted octanol–water partition coefficient (Wildman–Crippen LogP) is 2.64. The number of rotatable bonds is 7. The van der Waals surface area contributed by atoms with Gasteiger partial charge in [-0.3, -0.25) is 14.9 Å². The third kappa shape index (κ3) is 6.84. The lowest BCUT2D eigenvalue weighted by molar-refractivity contribution is -0.123. The number of nitrogens with one attached hydrogen (secondary N) is 3. The quantitative estimate of drug-likeness (QED) is 0.615. The van der Waals surface area contributed by atoms with Crippen LogP contribution in [0, 0.1) is 5.92 Å². The zero-order chi connectivity index (χ0) is 20.5. The van der Waals surface area contributed by atoms with Crippen LogP contribution in [0.5, 0.6) is 0 Å². The highest BCUT2D eigenvalue weighted by atomic mass is 32.1. The standard InChI is InChI=1S/C19H21N3O5S/c1-12(2)10-20-19(26)22-16(23)11-27-18(25)13-5-3-6-14(9-13)21-17(24)15-7-4-8-28-15/h3-9,12H,10-11H2,1-2H3,(H,21,24)(H2,20,22,23,26). The van der Waals surface area contributed by atoms with Crippen LogP contribution in [-0.4, -0.2) is 37.0 Å². The van der Waals surface area contributed by atoms with E-state index in [1.807, 2.05) is 13.8 Å². The van der Waals surface area contributed by atoms with Crippen LogP contribution in [0.4, 0.5) is 10.5 Å². The molecule has 0 aliphatic rings. The minimum absolute atomic E-state index is 0.168. The zero-order valence-corrected chi connectivity index (χ0v) is 16.3. The molecule has 0 saturated carbocycles. The second-order valence-electron chi connectivity index (χ2n) is 6.24. The number of benzene rings is 1. The molecule has 0 aliphatic heterocycles. The number of amides is 4. The Morgan fingerprint density at radius 2 is 1.89 bits per heavy atom. The summed E-state index contributed by atoms with van der Waals surface area (Å²) in [7, 11) is 0. The predicted molar refractivity (Wildman–Crippen MR) is 105 cm³/mol. The highest BCUT2D eigenvalue weighted by Gasteiger charge is 2.14. The minimum Gasteiger partial charge on any atom is -0.452 e. The monoisotopic (exact) mass is 403 g/mol. The van der Waals surface area contributed by atoms with Crippen LogP contribution in [0.3, 0.4) is 0 Å². The molecule has 4 amide bonds. The number of hydrogen-bond donors (Lipinski definition) is 3. The van der Waals surface area contributed by atoms with Gasteiger partial charge < -0.3 is 15.4 Å². The van der Waals surface area contributed by atoms with Crippen molar-refractivity contribution in [3.8, 4) is 0 Å². The van der Waals surface area contributed by atoms with Crippen LogP contribution >= 0.6 is 11.3 Å². The first-order valence-electron chi connectivity index (χ1n) is 8.55. The molecular formula is C19H21N3O5S. The maximum absolute atomic E-state index is 12.1. The van der Waals surface area contributed by atoms with Crippen molar-refractivity contribution in [2.45, 2.75) is 13.8 Å². The van der Waals surface area contributed by atoms with E-state index in [2.05, 4.69) is 16.0 Å². The van der Waals surface area contributed by atoms with Gasteiger partial charge in [0.2, 0.25) is 0 Å². The fourth-order valence-electron chi connectivity index (χ4n) is 2.04. The number of hydrogen-bond acceptors (Lipinski definition) is 6. The lowest BCUT2D eigenvalue weighted by atomic mass is 10.2. The van der Waals surface area contributed by atoms with Gasteiger partial charge in [-0.05, 0) is 35.6 Å². The van der Waals surface area contributed by atoms with Crippen LogP contribution in [0.1, 0.15) is 33.9 Å². The van der Waals surface area contributed by atoms with E-state index in [4.69, 9.17) is 4.74 Å². The Balaban J connectivity index is 1.84. The molecule has 0 atom stereocenters. The zero-order valence-electron chi connectivity index (χ0n) is 15.5. The van der Waals surface area contributed by atoms with Gasteiger partial charge in [0.05, 0.1) is 10.4 Å². The Kier molecular flexibility index (Phi) is 7.70. The summed E-state index contributed by atoms with van der Waals surface area (Å²) >= 11 is 1.30. The summed E-state index contributed by atoms with van der Waals surface area (Å²) in [6.07, 6.45) is 0. The largest absolute Gasteiger partial charge is 0.452 e. The molecule has 3 N–H and O–H groups in total. The molecule has 2 rings (SSSR count). The van der Waals surface area contributed by atoms with Crippen molar-refractivity contribution in [3.63, 3.8) is 0 Å². The van der Waals surface area contributed by atoms with Gasteiger partial charge in [0.15, 0.2) is 6.61 Å². The van der Waals surface area contributed by atoms with Gasteiger partial charge in [-0.25, -0.2) is 9.59 Å². The Hall–Kier alpha value is -3.20. The second-order valence-corrected chi connectivity index (χ2v) is 7.19. The molecule has 0 spiro atoms. The molecule has 0 aliphatic carbocycles. The SMILES string of the molecule is CC(C)CNC(=O)NC(=O)COC(=O)c1cccc(NC(=O)c2cccs2)c1. The van der Waals surface area contributed by atoms with Crippen molar-refractivity contribution >= 4 is 40.8 Å². The van der Waals surface area contributed by atoms with Gasteiger partial charge in [-0.15, -0.1) is 11.3 Å². The van der Waals surface area contributed by atoms with Crippen molar-refractivity contribution in [1.29, 1.82) is 0 Å². The van der Waals surface area contributed by atoms with E-state index >= 15 is 0 Å². The minimum atomic E-state index is -0.745. The number of carbonyl (C=O) groups is 4. The number of carbonyl (C=O) groups excluding carboxylic acids is 4. The second kappa shape index (κ2) is 10.2. The molecule has 1 heterocycles. The fourth-order valence-corrected chi connectivity index (χ4v) is 2.66. The van der Waals surface area contributed by atoms with Crippen LogP contribution in [0.25, 0.3) is 0 Å². The summed E-state index contributed by atoms with van der Waals surface area (Å²) in [6, 6.07) is 8.97. The van der Waals surface area contributed by atoms with Crippen LogP contribution in [0.15, 0.2) is 41.8 Å². The summed E-state index contributed by atoms with van der Waals surface area (Å²) < 4.78 is 4.91. The lowest BCUT2D eigenvalue weighted by Gasteiger charge is -2.09. The van der Waals surface area contributed by atoms with Gasteiger partial charge in [0.1, 0.15) is 0 Å². The Bertz CT molecular complexity index is 849. The normalized spacial score (nSPS) is 10.2. The van der Waals surface area contributed by atoms with Gasteiger partial charge >= 0.3 is 12.0 Å². The molecular weight excluding hydrogens is 382 g/mol. The summed E-state index contributed by atoms with van der Waals surface area (Å²) in [6.45, 7) is 3.66. The van der Waals surface area contributed by atoms with Crippen molar-refractivity contribution in [3.05, 3.63) is 52.2 Å². The third-order valence-corrected chi connectivity index (χ3v) is 4.23. The van der Waals surface area contributed by atoms with Gasteiger partial charge in [-0.1, -0.05) is 26.0 Å². The molecule has 0 radical (unpaired) electrons. The first-order valence-corrected chi connectivity index (χ1v) is 9.43. The van der Waals surface area contributed by atoms with Gasteiger partial charge in [0.25, 0.3) is 11.8 Å². The molecule has 1 aromatic carbocycles. The average molecular weight is 403 g/mol. The first kappa shape index (κ1) is 21.1. The Morgan fingerprint density at radius 3 is 2.57 bits per heavy atom. The average Bonchev–Trinajstić information content (AvgIpc) is 3.19. The first-order chi connectivity index (χ1) is 13.3. The molecule has 28 heavy (non-hydrogen) atoms. The van der Waals surface area contributed by atoms with Gasteiger partial charge in [0, 0.05) is 12.2 Å². The van der Waals surface area contributed by atoms with E-state index in [-0.39, 0.29) is 17.4 Å². The van der Waals surface area contributed by atoms with Gasteiger partial charge in [-0.2, -0.15) is 0 Å². The van der Waals surface area contributed by atoms with Crippen molar-refractivity contribution < 1.29 is 23.9 Å². The highest BCUT2D eigenvalue weighted by molar-refractivity contribution is 7.12. The number of ether oxygens (including phenoxy) is 1. The molecule has 0 fully saturated rings. The summed E-state index contributed by atoms with van der Waals surface area (Å²) in [5.41, 5.74) is 0.589. The summed E-state index contributed by atoms with van der Waals surface area (Å²) in [5, 5.41) is 9.07. The Labute approximate surface area is 166 Å². The van der Waals surface area contributed by atoms with Crippen LogP contribution < -0.4 is 16.0 Å². The summed E-state index contributed by atoms with van der Waals surface area (Å²) in [5.74, 6) is -1.53. The highest BCUT2D eigenvalue weighted by Crippen LogP contribution is 2.15. The fraction of sp³-hybridized carbons (Fsp3) is 0.263. The van der Waals surface area contributed by atoms with Crippen LogP contribution in [-0.2, 0) is 9.53 Å². The van der Waals surface area contributed by atoms with E-state index in [1.165, 1.54) is 23.5 Å². The van der Waals surface area contributed by atoms with Crippen molar-refractivity contribution in [2.24, 2.45) is 5.92 Å². The maximum Gasteiger partial charge on any atom is 0.338 e. The number of imide groups is 1. The van der Waals surface area contributed by atoms with E-state index in [9.17, 15) is 19.2 Å². The molecule has 0 unspecified atom stereocenters. The van der Waals surface area contributed by atoms with Crippen molar-refractivity contribution in [2.75, 3.05) is 18.5 Å². The summed E-state index contributed by atoms with van der Waals surface area (Å²) in [4.78, 5) is 47.9. The van der Waals surface area contributed by atoms with Crippen molar-refractivity contribution in [1.82, 2.24) is 10.6 Å². The topological polar surface area (TPSA) is 114 Å². The number of esters is 1. The molecule has 9 heteroatoms. The molecule has 8 nitrogen and oxygen atoms in total. The lowest BCUT2D eigenvalue weighted by Crippen LogP contribution is -2.42. The van der Waals surface area contributed by atoms with E-state index in [1.54, 1.807) is 29.6 Å². The molecule has 148 valence electrons. The van der Waals surface area contributed by atoms with E-state index in [0.29, 0.717) is 17.1 Å². The Morgan fingerprint density at radius 1 is 1.11 bits per heavy atom. The molecule has 0 saturated heterocycles. The number of thiophene rings is 1. The maximum atomic E-state index is 12.1. The van der Waals surface area contributed by atoms with E-state index < -0.39 is 24.5 Å². The van der Waals surface area contributed by atoms with E-state index in [0.717, 1.165) is 0 Å².